The molecule has 2 rings (SSSR count). The van der Waals surface area contributed by atoms with E-state index in [9.17, 15) is 13.5 Å². The standard InChI is InChI=1S/C17H20O4S/c1-11(2)21-17-8-6-15(10-13(17)4)22(19,20)14-5-7-16(18)12(3)9-14/h5-11,18H,1-4H3. The number of ether oxygens (including phenoxy) is 1. The van der Waals surface area contributed by atoms with Crippen molar-refractivity contribution in [1.29, 1.82) is 0 Å². The van der Waals surface area contributed by atoms with Crippen LogP contribution in [-0.4, -0.2) is 19.6 Å². The molecule has 0 unspecified atom stereocenters. The van der Waals surface area contributed by atoms with Crippen molar-refractivity contribution >= 4 is 9.84 Å². The van der Waals surface area contributed by atoms with E-state index in [0.717, 1.165) is 5.56 Å². The van der Waals surface area contributed by atoms with Crippen LogP contribution in [0.5, 0.6) is 11.5 Å². The fourth-order valence-electron chi connectivity index (χ4n) is 2.11. The number of phenolic OH excluding ortho intramolecular Hbond substituents is 1. The van der Waals surface area contributed by atoms with E-state index in [1.54, 1.807) is 25.1 Å². The Hall–Kier alpha value is -2.01. The summed E-state index contributed by atoms with van der Waals surface area (Å²) in [6, 6.07) is 9.10. The summed E-state index contributed by atoms with van der Waals surface area (Å²) in [5.74, 6) is 0.756. The van der Waals surface area contributed by atoms with E-state index in [2.05, 4.69) is 0 Å². The van der Waals surface area contributed by atoms with Crippen molar-refractivity contribution in [3.63, 3.8) is 0 Å². The van der Waals surface area contributed by atoms with Crippen molar-refractivity contribution in [3.8, 4) is 11.5 Å². The summed E-state index contributed by atoms with van der Waals surface area (Å²) >= 11 is 0. The summed E-state index contributed by atoms with van der Waals surface area (Å²) in [5.41, 5.74) is 1.29. The number of benzene rings is 2. The highest BCUT2D eigenvalue weighted by atomic mass is 32.2. The number of aryl methyl sites for hydroxylation is 2. The van der Waals surface area contributed by atoms with Crippen LogP contribution in [0.4, 0.5) is 0 Å². The van der Waals surface area contributed by atoms with Crippen LogP contribution in [0.2, 0.25) is 0 Å². The Morgan fingerprint density at radius 2 is 1.50 bits per heavy atom. The van der Waals surface area contributed by atoms with Crippen molar-refractivity contribution in [2.45, 2.75) is 43.6 Å². The Bertz CT molecular complexity index is 792. The molecule has 0 amide bonds. The first-order valence-electron chi connectivity index (χ1n) is 7.04. The van der Waals surface area contributed by atoms with Crippen molar-refractivity contribution < 1.29 is 18.3 Å². The van der Waals surface area contributed by atoms with Gasteiger partial charge in [-0.1, -0.05) is 0 Å². The van der Waals surface area contributed by atoms with Crippen molar-refractivity contribution in [1.82, 2.24) is 0 Å². The zero-order valence-electron chi connectivity index (χ0n) is 13.1. The number of hydrogen-bond donors (Lipinski definition) is 1. The van der Waals surface area contributed by atoms with Gasteiger partial charge in [0.05, 0.1) is 15.9 Å². The van der Waals surface area contributed by atoms with Crippen LogP contribution in [0.1, 0.15) is 25.0 Å². The minimum absolute atomic E-state index is 0.0286. The minimum atomic E-state index is -3.61. The van der Waals surface area contributed by atoms with Crippen molar-refractivity contribution in [3.05, 3.63) is 47.5 Å². The lowest BCUT2D eigenvalue weighted by molar-refractivity contribution is 0.240. The minimum Gasteiger partial charge on any atom is -0.508 e. The van der Waals surface area contributed by atoms with Gasteiger partial charge in [-0.3, -0.25) is 0 Å². The fraction of sp³-hybridized carbons (Fsp3) is 0.294. The van der Waals surface area contributed by atoms with Crippen molar-refractivity contribution in [2.75, 3.05) is 0 Å². The van der Waals surface area contributed by atoms with E-state index in [1.807, 2.05) is 20.8 Å². The molecule has 0 aliphatic rings. The third-order valence-corrected chi connectivity index (χ3v) is 5.05. The zero-order valence-corrected chi connectivity index (χ0v) is 13.9. The molecule has 2 aromatic rings. The Labute approximate surface area is 131 Å². The third kappa shape index (κ3) is 3.25. The smallest absolute Gasteiger partial charge is 0.206 e. The number of sulfone groups is 1. The second kappa shape index (κ2) is 6.01. The molecule has 2 aromatic carbocycles. The monoisotopic (exact) mass is 320 g/mol. The second-order valence-corrected chi connectivity index (χ2v) is 7.50. The molecule has 0 saturated heterocycles. The summed E-state index contributed by atoms with van der Waals surface area (Å²) in [4.78, 5) is 0.380. The second-order valence-electron chi connectivity index (χ2n) is 5.55. The highest BCUT2D eigenvalue weighted by molar-refractivity contribution is 7.91. The van der Waals surface area contributed by atoms with Gasteiger partial charge in [-0.25, -0.2) is 8.42 Å². The molecule has 0 aliphatic heterocycles. The fourth-order valence-corrected chi connectivity index (χ4v) is 3.54. The molecule has 1 N–H and O–H groups in total. The molecule has 0 fully saturated rings. The Balaban J connectivity index is 2.45. The quantitative estimate of drug-likeness (QED) is 0.934. The maximum atomic E-state index is 12.7. The van der Waals surface area contributed by atoms with Crippen LogP contribution in [0.3, 0.4) is 0 Å². The first kappa shape index (κ1) is 16.4. The third-order valence-electron chi connectivity index (χ3n) is 3.30. The Morgan fingerprint density at radius 3 is 2.00 bits per heavy atom. The van der Waals surface area contributed by atoms with Gasteiger partial charge in [0, 0.05) is 0 Å². The molecule has 0 aliphatic carbocycles. The van der Waals surface area contributed by atoms with E-state index in [4.69, 9.17) is 4.74 Å². The molecular weight excluding hydrogens is 300 g/mol. The van der Waals surface area contributed by atoms with Crippen LogP contribution >= 0.6 is 0 Å². The summed E-state index contributed by atoms with van der Waals surface area (Å²) in [7, 11) is -3.61. The normalized spacial score (nSPS) is 11.7. The molecule has 22 heavy (non-hydrogen) atoms. The molecule has 4 nitrogen and oxygen atoms in total. The molecule has 0 bridgehead atoms. The molecule has 5 heteroatoms. The van der Waals surface area contributed by atoms with Gasteiger partial charge in [0.2, 0.25) is 9.84 Å². The Morgan fingerprint density at radius 1 is 0.955 bits per heavy atom. The van der Waals surface area contributed by atoms with Gasteiger partial charge in [0.1, 0.15) is 11.5 Å². The predicted molar refractivity (Wildman–Crippen MR) is 85.2 cm³/mol. The van der Waals surface area contributed by atoms with E-state index in [0.29, 0.717) is 11.3 Å². The van der Waals surface area contributed by atoms with E-state index in [-0.39, 0.29) is 21.6 Å². The maximum Gasteiger partial charge on any atom is 0.206 e. The largest absolute Gasteiger partial charge is 0.508 e. The predicted octanol–water partition coefficient (Wildman–Crippen LogP) is 3.63. The lowest BCUT2D eigenvalue weighted by atomic mass is 10.2. The van der Waals surface area contributed by atoms with Crippen molar-refractivity contribution in [2.24, 2.45) is 0 Å². The van der Waals surface area contributed by atoms with Crippen LogP contribution < -0.4 is 4.74 Å². The average molecular weight is 320 g/mol. The van der Waals surface area contributed by atoms with E-state index in [1.165, 1.54) is 18.2 Å². The molecule has 0 spiro atoms. The summed E-state index contributed by atoms with van der Waals surface area (Å²) in [5, 5.41) is 9.53. The van der Waals surface area contributed by atoms with Gasteiger partial charge in [0.25, 0.3) is 0 Å². The van der Waals surface area contributed by atoms with Crippen LogP contribution in [-0.2, 0) is 9.84 Å². The molecule has 118 valence electrons. The maximum absolute atomic E-state index is 12.7. The van der Waals surface area contributed by atoms with E-state index >= 15 is 0 Å². The number of hydrogen-bond acceptors (Lipinski definition) is 4. The van der Waals surface area contributed by atoms with E-state index < -0.39 is 9.84 Å². The van der Waals surface area contributed by atoms with Crippen LogP contribution in [0.15, 0.2) is 46.2 Å². The number of aromatic hydroxyl groups is 1. The summed E-state index contributed by atoms with van der Waals surface area (Å²) in [6.07, 6.45) is 0.0286. The van der Waals surface area contributed by atoms with Crippen LogP contribution in [0.25, 0.3) is 0 Å². The lowest BCUT2D eigenvalue weighted by Gasteiger charge is -2.14. The van der Waals surface area contributed by atoms with Gasteiger partial charge in [-0.2, -0.15) is 0 Å². The van der Waals surface area contributed by atoms with Gasteiger partial charge in [0.15, 0.2) is 0 Å². The summed E-state index contributed by atoms with van der Waals surface area (Å²) < 4.78 is 30.9. The Kier molecular flexibility index (Phi) is 4.47. The molecule has 0 aromatic heterocycles. The zero-order chi connectivity index (χ0) is 16.5. The highest BCUT2D eigenvalue weighted by Gasteiger charge is 2.19. The first-order chi connectivity index (χ1) is 10.2. The van der Waals surface area contributed by atoms with Gasteiger partial charge >= 0.3 is 0 Å². The average Bonchev–Trinajstić information content (AvgIpc) is 2.43. The molecule has 0 saturated carbocycles. The lowest BCUT2D eigenvalue weighted by Crippen LogP contribution is -2.08. The van der Waals surface area contributed by atoms with Crippen LogP contribution in [0, 0.1) is 13.8 Å². The summed E-state index contributed by atoms with van der Waals surface area (Å²) in [6.45, 7) is 7.32. The SMILES string of the molecule is Cc1cc(S(=O)(=O)c2ccc(OC(C)C)c(C)c2)ccc1O. The molecule has 0 heterocycles. The first-order valence-corrected chi connectivity index (χ1v) is 8.52. The molecule has 0 radical (unpaired) electrons. The van der Waals surface area contributed by atoms with Gasteiger partial charge in [-0.15, -0.1) is 0 Å². The number of rotatable bonds is 4. The topological polar surface area (TPSA) is 63.6 Å². The van der Waals surface area contributed by atoms with Gasteiger partial charge in [-0.05, 0) is 75.2 Å². The molecule has 0 atom stereocenters. The highest BCUT2D eigenvalue weighted by Crippen LogP contribution is 2.29. The molecular formula is C17H20O4S. The van der Waals surface area contributed by atoms with Gasteiger partial charge < -0.3 is 9.84 Å². The number of phenols is 1.